The Morgan fingerprint density at radius 1 is 1.59 bits per heavy atom. The van der Waals surface area contributed by atoms with Gasteiger partial charge in [0.05, 0.1) is 16.2 Å². The van der Waals surface area contributed by atoms with Gasteiger partial charge in [0.1, 0.15) is 11.4 Å². The minimum Gasteiger partial charge on any atom is -0.477 e. The molecular formula is C10H6FNO4S. The van der Waals surface area contributed by atoms with Crippen molar-refractivity contribution in [2.24, 2.45) is 0 Å². The van der Waals surface area contributed by atoms with E-state index in [2.05, 4.69) is 24.5 Å². The Balaban J connectivity index is 3.45. The molecule has 0 atom stereocenters. The predicted octanol–water partition coefficient (Wildman–Crippen LogP) is 1.71. The number of aromatic carboxylic acids is 1. The number of carboxylic acids is 1. The summed E-state index contributed by atoms with van der Waals surface area (Å²) >= 11 is 3.78. The van der Waals surface area contributed by atoms with Gasteiger partial charge in [-0.15, -0.1) is 0 Å². The largest absolute Gasteiger partial charge is 0.477 e. The normalized spacial score (nSPS) is 9.29. The van der Waals surface area contributed by atoms with Gasteiger partial charge >= 0.3 is 5.97 Å². The number of benzene rings is 1. The van der Waals surface area contributed by atoms with Gasteiger partial charge in [-0.2, -0.15) is 12.6 Å². The van der Waals surface area contributed by atoms with E-state index in [9.17, 15) is 19.3 Å². The number of thiol groups is 1. The van der Waals surface area contributed by atoms with E-state index in [4.69, 9.17) is 5.11 Å². The standard InChI is InChI=1S/C10H6FNO4S/c11-8-5-7(10(13)14)9(12(15)16)4-6(8)2-1-3-17/h4-5,17H,3H2,(H,13,14). The average molecular weight is 255 g/mol. The number of nitro groups is 1. The molecule has 0 aliphatic heterocycles. The zero-order chi connectivity index (χ0) is 13.0. The van der Waals surface area contributed by atoms with E-state index in [1.54, 1.807) is 0 Å². The zero-order valence-corrected chi connectivity index (χ0v) is 9.20. The van der Waals surface area contributed by atoms with Crippen molar-refractivity contribution < 1.29 is 19.2 Å². The summed E-state index contributed by atoms with van der Waals surface area (Å²) in [6.07, 6.45) is 0. The fraction of sp³-hybridized carbons (Fsp3) is 0.100. The second-order valence-corrected chi connectivity index (χ2v) is 3.19. The van der Waals surface area contributed by atoms with Gasteiger partial charge < -0.3 is 5.11 Å². The van der Waals surface area contributed by atoms with Crippen molar-refractivity contribution in [3.63, 3.8) is 0 Å². The first-order chi connectivity index (χ1) is 7.97. The molecule has 0 amide bonds. The van der Waals surface area contributed by atoms with Crippen molar-refractivity contribution in [2.75, 3.05) is 5.75 Å². The minimum absolute atomic E-state index is 0.161. The fourth-order valence-corrected chi connectivity index (χ4v) is 1.19. The predicted molar refractivity (Wildman–Crippen MR) is 60.7 cm³/mol. The summed E-state index contributed by atoms with van der Waals surface area (Å²) < 4.78 is 13.4. The van der Waals surface area contributed by atoms with Gasteiger partial charge in [-0.05, 0) is 6.07 Å². The van der Waals surface area contributed by atoms with Crippen molar-refractivity contribution in [1.29, 1.82) is 0 Å². The number of carboxylic acid groups (broad SMARTS) is 1. The molecule has 0 radical (unpaired) electrons. The number of rotatable bonds is 2. The van der Waals surface area contributed by atoms with E-state index in [1.807, 2.05) is 0 Å². The highest BCUT2D eigenvalue weighted by Gasteiger charge is 2.22. The van der Waals surface area contributed by atoms with E-state index < -0.39 is 28.0 Å². The lowest BCUT2D eigenvalue weighted by atomic mass is 10.1. The first-order valence-corrected chi connectivity index (χ1v) is 4.91. The van der Waals surface area contributed by atoms with Crippen molar-refractivity contribution in [3.05, 3.63) is 39.2 Å². The summed E-state index contributed by atoms with van der Waals surface area (Å²) in [4.78, 5) is 20.4. The Bertz CT molecular complexity index is 547. The lowest BCUT2D eigenvalue weighted by Crippen LogP contribution is -2.04. The summed E-state index contributed by atoms with van der Waals surface area (Å²) in [5.74, 6) is 2.43. The molecule has 0 aliphatic rings. The highest BCUT2D eigenvalue weighted by Crippen LogP contribution is 2.22. The molecule has 7 heteroatoms. The smallest absolute Gasteiger partial charge is 0.342 e. The lowest BCUT2D eigenvalue weighted by Gasteiger charge is -2.00. The molecule has 0 fully saturated rings. The van der Waals surface area contributed by atoms with Gasteiger partial charge in [0.25, 0.3) is 5.69 Å². The van der Waals surface area contributed by atoms with Crippen LogP contribution in [0.15, 0.2) is 12.1 Å². The first kappa shape index (κ1) is 13.0. The summed E-state index contributed by atoms with van der Waals surface area (Å²) in [7, 11) is 0. The second kappa shape index (κ2) is 5.32. The zero-order valence-electron chi connectivity index (χ0n) is 8.31. The molecule has 88 valence electrons. The molecule has 0 saturated heterocycles. The number of carbonyl (C=O) groups is 1. The topological polar surface area (TPSA) is 80.4 Å². The number of hydrogen-bond acceptors (Lipinski definition) is 4. The second-order valence-electron chi connectivity index (χ2n) is 2.87. The van der Waals surface area contributed by atoms with Crippen LogP contribution in [0.1, 0.15) is 15.9 Å². The Morgan fingerprint density at radius 3 is 2.71 bits per heavy atom. The van der Waals surface area contributed by atoms with Gasteiger partial charge in [0.2, 0.25) is 0 Å². The summed E-state index contributed by atoms with van der Waals surface area (Å²) in [5, 5.41) is 19.3. The molecule has 0 aromatic heterocycles. The third kappa shape index (κ3) is 2.95. The van der Waals surface area contributed by atoms with Crippen LogP contribution >= 0.6 is 12.6 Å². The van der Waals surface area contributed by atoms with Crippen LogP contribution in [0.2, 0.25) is 0 Å². The van der Waals surface area contributed by atoms with Crippen LogP contribution < -0.4 is 0 Å². The quantitative estimate of drug-likeness (QED) is 0.365. The Kier molecular flexibility index (Phi) is 4.06. The number of hydrogen-bond donors (Lipinski definition) is 2. The Hall–Kier alpha value is -2.07. The van der Waals surface area contributed by atoms with Gasteiger partial charge in [0.15, 0.2) is 0 Å². The van der Waals surface area contributed by atoms with Crippen molar-refractivity contribution >= 4 is 24.3 Å². The molecule has 5 nitrogen and oxygen atoms in total. The minimum atomic E-state index is -1.57. The van der Waals surface area contributed by atoms with Crippen LogP contribution in [-0.4, -0.2) is 21.8 Å². The Morgan fingerprint density at radius 2 is 2.24 bits per heavy atom. The molecule has 0 unspecified atom stereocenters. The molecule has 0 saturated carbocycles. The summed E-state index contributed by atoms with van der Waals surface area (Å²) in [6.45, 7) is 0. The molecule has 1 aromatic carbocycles. The molecule has 1 rings (SSSR count). The molecule has 0 aliphatic carbocycles. The highest BCUT2D eigenvalue weighted by molar-refractivity contribution is 7.80. The maximum absolute atomic E-state index is 13.4. The number of halogens is 1. The van der Waals surface area contributed by atoms with E-state index >= 15 is 0 Å². The number of nitrogens with zero attached hydrogens (tertiary/aromatic N) is 1. The monoisotopic (exact) mass is 255 g/mol. The molecular weight excluding hydrogens is 249 g/mol. The van der Waals surface area contributed by atoms with Crippen LogP contribution in [-0.2, 0) is 0 Å². The number of nitro benzene ring substituents is 1. The van der Waals surface area contributed by atoms with Crippen LogP contribution in [0, 0.1) is 27.8 Å². The van der Waals surface area contributed by atoms with Crippen LogP contribution in [0.25, 0.3) is 0 Å². The van der Waals surface area contributed by atoms with Gasteiger partial charge in [-0.25, -0.2) is 9.18 Å². The fourth-order valence-electron chi connectivity index (χ4n) is 1.11. The van der Waals surface area contributed by atoms with Crippen LogP contribution in [0.3, 0.4) is 0 Å². The maximum Gasteiger partial charge on any atom is 0.342 e. The van der Waals surface area contributed by atoms with E-state index in [0.29, 0.717) is 6.07 Å². The average Bonchev–Trinajstić information content (AvgIpc) is 2.26. The SMILES string of the molecule is O=C(O)c1cc(F)c(C#CCS)cc1[N+](=O)[O-]. The molecule has 0 heterocycles. The van der Waals surface area contributed by atoms with Crippen LogP contribution in [0.5, 0.6) is 0 Å². The maximum atomic E-state index is 13.4. The van der Waals surface area contributed by atoms with E-state index in [0.717, 1.165) is 6.07 Å². The van der Waals surface area contributed by atoms with Crippen molar-refractivity contribution in [2.45, 2.75) is 0 Å². The third-order valence-electron chi connectivity index (χ3n) is 1.81. The molecule has 1 aromatic rings. The molecule has 17 heavy (non-hydrogen) atoms. The van der Waals surface area contributed by atoms with Gasteiger partial charge in [-0.1, -0.05) is 11.8 Å². The van der Waals surface area contributed by atoms with E-state index in [-0.39, 0.29) is 11.3 Å². The van der Waals surface area contributed by atoms with Crippen LogP contribution in [0.4, 0.5) is 10.1 Å². The lowest BCUT2D eigenvalue weighted by molar-refractivity contribution is -0.385. The van der Waals surface area contributed by atoms with Gasteiger partial charge in [-0.3, -0.25) is 10.1 Å². The highest BCUT2D eigenvalue weighted by atomic mass is 32.1. The first-order valence-electron chi connectivity index (χ1n) is 4.28. The van der Waals surface area contributed by atoms with Crippen molar-refractivity contribution in [1.82, 2.24) is 0 Å². The summed E-state index contributed by atoms with van der Waals surface area (Å²) in [5.41, 5.74) is -1.62. The third-order valence-corrected chi connectivity index (χ3v) is 1.97. The Labute approximate surface area is 101 Å². The summed E-state index contributed by atoms with van der Waals surface area (Å²) in [6, 6.07) is 1.39. The molecule has 1 N–H and O–H groups in total. The molecule has 0 bridgehead atoms. The van der Waals surface area contributed by atoms with Gasteiger partial charge in [0, 0.05) is 6.07 Å². The van der Waals surface area contributed by atoms with Crippen molar-refractivity contribution in [3.8, 4) is 11.8 Å². The van der Waals surface area contributed by atoms with E-state index in [1.165, 1.54) is 0 Å². The molecule has 0 spiro atoms.